The van der Waals surface area contributed by atoms with Crippen molar-refractivity contribution in [3.8, 4) is 0 Å². The van der Waals surface area contributed by atoms with Crippen LogP contribution in [-0.4, -0.2) is 50.6 Å². The summed E-state index contributed by atoms with van der Waals surface area (Å²) >= 11 is 0. The first-order valence-electron chi connectivity index (χ1n) is 11.7. The molecule has 0 N–H and O–H groups in total. The standard InChI is InChI=1S/C23H40O6/c1-3-4-5-6-9-12-19(23(25)29-17-21-15-27-21)13-10-7-8-11-18(2)22(24)28-16-20-14-26-20/h18-21H,3-17H2,1-2H3. The fourth-order valence-electron chi connectivity index (χ4n) is 3.45. The van der Waals surface area contributed by atoms with Gasteiger partial charge in [0.05, 0.1) is 25.0 Å². The van der Waals surface area contributed by atoms with Crippen molar-refractivity contribution in [3.63, 3.8) is 0 Å². The molecule has 0 aromatic rings. The molecule has 29 heavy (non-hydrogen) atoms. The van der Waals surface area contributed by atoms with Crippen LogP contribution >= 0.6 is 0 Å². The van der Waals surface area contributed by atoms with E-state index in [0.717, 1.165) is 44.9 Å². The summed E-state index contributed by atoms with van der Waals surface area (Å²) in [5.41, 5.74) is 0. The zero-order valence-electron chi connectivity index (χ0n) is 18.4. The van der Waals surface area contributed by atoms with Crippen molar-refractivity contribution in [1.29, 1.82) is 0 Å². The maximum absolute atomic E-state index is 12.4. The number of carbonyl (C=O) groups is 2. The van der Waals surface area contributed by atoms with Crippen LogP contribution in [0.4, 0.5) is 0 Å². The van der Waals surface area contributed by atoms with E-state index < -0.39 is 0 Å². The van der Waals surface area contributed by atoms with Gasteiger partial charge in [0.2, 0.25) is 0 Å². The third-order valence-electron chi connectivity index (χ3n) is 5.71. The topological polar surface area (TPSA) is 77.7 Å². The maximum atomic E-state index is 12.4. The second-order valence-electron chi connectivity index (χ2n) is 8.61. The molecule has 6 nitrogen and oxygen atoms in total. The number of carbonyl (C=O) groups excluding carboxylic acids is 2. The highest BCUT2D eigenvalue weighted by Gasteiger charge is 2.27. The van der Waals surface area contributed by atoms with Gasteiger partial charge in [0.1, 0.15) is 25.4 Å². The van der Waals surface area contributed by atoms with Gasteiger partial charge < -0.3 is 18.9 Å². The molecule has 2 saturated heterocycles. The van der Waals surface area contributed by atoms with Crippen molar-refractivity contribution in [1.82, 2.24) is 0 Å². The molecule has 2 heterocycles. The number of ether oxygens (including phenoxy) is 4. The number of unbranched alkanes of at least 4 members (excludes halogenated alkanes) is 6. The largest absolute Gasteiger partial charge is 0.463 e. The highest BCUT2D eigenvalue weighted by molar-refractivity contribution is 5.72. The van der Waals surface area contributed by atoms with Crippen LogP contribution in [0.25, 0.3) is 0 Å². The van der Waals surface area contributed by atoms with Gasteiger partial charge in [0.25, 0.3) is 0 Å². The number of rotatable bonds is 18. The second kappa shape index (κ2) is 14.0. The second-order valence-corrected chi connectivity index (χ2v) is 8.61. The van der Waals surface area contributed by atoms with Crippen molar-refractivity contribution < 1.29 is 28.5 Å². The van der Waals surface area contributed by atoms with E-state index in [9.17, 15) is 9.59 Å². The van der Waals surface area contributed by atoms with Crippen LogP contribution in [0.2, 0.25) is 0 Å². The van der Waals surface area contributed by atoms with Gasteiger partial charge in [-0.2, -0.15) is 0 Å². The SMILES string of the molecule is CCCCCCCC(CCCCCC(C)C(=O)OCC1CO1)C(=O)OCC1CO1. The van der Waals surface area contributed by atoms with Gasteiger partial charge >= 0.3 is 11.9 Å². The molecular formula is C23H40O6. The molecule has 0 aromatic heterocycles. The van der Waals surface area contributed by atoms with E-state index in [2.05, 4.69) is 6.92 Å². The molecule has 0 aliphatic carbocycles. The molecule has 2 fully saturated rings. The first kappa shape index (κ1) is 24.1. The average Bonchev–Trinajstić information content (AvgIpc) is 3.62. The number of hydrogen-bond donors (Lipinski definition) is 0. The predicted octanol–water partition coefficient (Wildman–Crippen LogP) is 4.43. The summed E-state index contributed by atoms with van der Waals surface area (Å²) in [4.78, 5) is 24.4. The van der Waals surface area contributed by atoms with E-state index in [1.807, 2.05) is 6.92 Å². The molecule has 0 spiro atoms. The fraction of sp³-hybridized carbons (Fsp3) is 0.913. The normalized spacial score (nSPS) is 22.0. The highest BCUT2D eigenvalue weighted by atomic mass is 16.6. The van der Waals surface area contributed by atoms with E-state index in [-0.39, 0.29) is 36.0 Å². The van der Waals surface area contributed by atoms with Crippen LogP contribution in [0.1, 0.15) is 84.5 Å². The Hall–Kier alpha value is -1.14. The minimum Gasteiger partial charge on any atom is -0.463 e. The Bertz CT molecular complexity index is 472. The maximum Gasteiger partial charge on any atom is 0.309 e. The van der Waals surface area contributed by atoms with Gasteiger partial charge in [0.15, 0.2) is 0 Å². The van der Waals surface area contributed by atoms with E-state index in [1.165, 1.54) is 25.7 Å². The lowest BCUT2D eigenvalue weighted by Gasteiger charge is -2.16. The summed E-state index contributed by atoms with van der Waals surface area (Å²) in [6.45, 7) is 6.34. The van der Waals surface area contributed by atoms with Gasteiger partial charge in [-0.05, 0) is 19.3 Å². The lowest BCUT2D eigenvalue weighted by Crippen LogP contribution is -2.20. The third kappa shape index (κ3) is 11.6. The first-order chi connectivity index (χ1) is 14.1. The quantitative estimate of drug-likeness (QED) is 0.188. The zero-order valence-corrected chi connectivity index (χ0v) is 18.4. The van der Waals surface area contributed by atoms with Crippen LogP contribution in [0.15, 0.2) is 0 Å². The van der Waals surface area contributed by atoms with E-state index in [1.54, 1.807) is 0 Å². The summed E-state index contributed by atoms with van der Waals surface area (Å²) < 4.78 is 20.9. The van der Waals surface area contributed by atoms with Crippen molar-refractivity contribution in [3.05, 3.63) is 0 Å². The Kier molecular flexibility index (Phi) is 11.6. The lowest BCUT2D eigenvalue weighted by molar-refractivity contribution is -0.150. The molecule has 0 aromatic carbocycles. The monoisotopic (exact) mass is 412 g/mol. The summed E-state index contributed by atoms with van der Waals surface area (Å²) in [6, 6.07) is 0. The molecule has 4 atom stereocenters. The van der Waals surface area contributed by atoms with Gasteiger partial charge in [0, 0.05) is 0 Å². The van der Waals surface area contributed by atoms with Crippen LogP contribution in [0, 0.1) is 11.8 Å². The van der Waals surface area contributed by atoms with E-state index in [0.29, 0.717) is 26.4 Å². The highest BCUT2D eigenvalue weighted by Crippen LogP contribution is 2.22. The Balaban J connectivity index is 1.57. The molecule has 168 valence electrons. The molecule has 2 aliphatic rings. The van der Waals surface area contributed by atoms with Gasteiger partial charge in [-0.1, -0.05) is 65.2 Å². The molecule has 2 aliphatic heterocycles. The molecule has 4 unspecified atom stereocenters. The van der Waals surface area contributed by atoms with E-state index in [4.69, 9.17) is 18.9 Å². The molecule has 0 bridgehead atoms. The average molecular weight is 413 g/mol. The predicted molar refractivity (Wildman–Crippen MR) is 111 cm³/mol. The van der Waals surface area contributed by atoms with Gasteiger partial charge in [-0.3, -0.25) is 9.59 Å². The number of epoxide rings is 2. The molecule has 6 heteroatoms. The Labute approximate surface area is 176 Å². The first-order valence-corrected chi connectivity index (χ1v) is 11.7. The summed E-state index contributed by atoms with van der Waals surface area (Å²) in [5.74, 6) is -0.269. The Morgan fingerprint density at radius 2 is 1.28 bits per heavy atom. The summed E-state index contributed by atoms with van der Waals surface area (Å²) in [7, 11) is 0. The zero-order chi connectivity index (χ0) is 20.9. The van der Waals surface area contributed by atoms with Crippen molar-refractivity contribution >= 4 is 11.9 Å². The van der Waals surface area contributed by atoms with E-state index >= 15 is 0 Å². The third-order valence-corrected chi connectivity index (χ3v) is 5.71. The molecule has 0 amide bonds. The minimum absolute atomic E-state index is 0.00342. The molecular weight excluding hydrogens is 372 g/mol. The van der Waals surface area contributed by atoms with Crippen molar-refractivity contribution in [2.45, 2.75) is 96.7 Å². The van der Waals surface area contributed by atoms with Crippen molar-refractivity contribution in [2.75, 3.05) is 26.4 Å². The lowest BCUT2D eigenvalue weighted by atomic mass is 9.93. The van der Waals surface area contributed by atoms with Crippen LogP contribution in [0.3, 0.4) is 0 Å². The van der Waals surface area contributed by atoms with Gasteiger partial charge in [-0.15, -0.1) is 0 Å². The van der Waals surface area contributed by atoms with Crippen LogP contribution in [0.5, 0.6) is 0 Å². The Morgan fingerprint density at radius 3 is 1.83 bits per heavy atom. The number of hydrogen-bond acceptors (Lipinski definition) is 6. The molecule has 0 saturated carbocycles. The fourth-order valence-corrected chi connectivity index (χ4v) is 3.45. The molecule has 2 rings (SSSR count). The smallest absolute Gasteiger partial charge is 0.309 e. The summed E-state index contributed by atoms with van der Waals surface area (Å²) in [5, 5.41) is 0. The summed E-state index contributed by atoms with van der Waals surface area (Å²) in [6.07, 6.45) is 11.9. The minimum atomic E-state index is -0.128. The van der Waals surface area contributed by atoms with Crippen molar-refractivity contribution in [2.24, 2.45) is 11.8 Å². The van der Waals surface area contributed by atoms with Gasteiger partial charge in [-0.25, -0.2) is 0 Å². The Morgan fingerprint density at radius 1 is 0.793 bits per heavy atom. The molecule has 0 radical (unpaired) electrons. The number of esters is 2. The van der Waals surface area contributed by atoms with Crippen LogP contribution < -0.4 is 0 Å². The van der Waals surface area contributed by atoms with Crippen LogP contribution in [-0.2, 0) is 28.5 Å².